The molecule has 88 valence electrons. The predicted octanol–water partition coefficient (Wildman–Crippen LogP) is -3.70. The molecule has 15 heavy (non-hydrogen) atoms. The van der Waals surface area contributed by atoms with Crippen LogP contribution in [0.5, 0.6) is 0 Å². The number of aliphatic hydroxyl groups is 5. The van der Waals surface area contributed by atoms with Crippen LogP contribution >= 0.6 is 0 Å². The summed E-state index contributed by atoms with van der Waals surface area (Å²) >= 11 is 0. The Kier molecular flexibility index (Phi) is 2.16. The maximum absolute atomic E-state index is 9.80. The molecule has 0 bridgehead atoms. The monoisotopic (exact) mass is 220 g/mol. The van der Waals surface area contributed by atoms with Crippen LogP contribution in [-0.4, -0.2) is 85.9 Å². The summed E-state index contributed by atoms with van der Waals surface area (Å²) in [5.74, 6) is -5.76. The average molecular weight is 220 g/mol. The lowest BCUT2D eigenvalue weighted by Crippen LogP contribution is -2.55. The van der Waals surface area contributed by atoms with Gasteiger partial charge in [0.05, 0.1) is 0 Å². The zero-order valence-electron chi connectivity index (χ0n) is 8.46. The van der Waals surface area contributed by atoms with Gasteiger partial charge in [0, 0.05) is 26.2 Å². The molecular weight excluding hydrogens is 204 g/mol. The van der Waals surface area contributed by atoms with E-state index in [1.807, 2.05) is 11.9 Å². The van der Waals surface area contributed by atoms with E-state index in [1.165, 1.54) is 4.90 Å². The molecule has 1 saturated heterocycles. The van der Waals surface area contributed by atoms with Gasteiger partial charge in [0.15, 0.2) is 0 Å². The fourth-order valence-electron chi connectivity index (χ4n) is 2.04. The average Bonchev–Trinajstić information content (AvgIpc) is 2.46. The first-order chi connectivity index (χ1) is 6.75. The highest BCUT2D eigenvalue weighted by molar-refractivity contribution is 5.25. The van der Waals surface area contributed by atoms with Crippen molar-refractivity contribution in [1.29, 1.82) is 0 Å². The lowest BCUT2D eigenvalue weighted by Gasteiger charge is -2.35. The van der Waals surface area contributed by atoms with E-state index in [1.54, 1.807) is 0 Å². The molecule has 0 aromatic heterocycles. The second-order valence-corrected chi connectivity index (χ2v) is 4.31. The minimum atomic E-state index is -2.88. The van der Waals surface area contributed by atoms with E-state index >= 15 is 0 Å². The van der Waals surface area contributed by atoms with Crippen molar-refractivity contribution in [2.45, 2.75) is 17.3 Å². The van der Waals surface area contributed by atoms with E-state index in [0.29, 0.717) is 26.2 Å². The smallest absolute Gasteiger partial charge is 0.273 e. The van der Waals surface area contributed by atoms with E-state index in [2.05, 4.69) is 0 Å². The Hall–Kier alpha value is -0.280. The van der Waals surface area contributed by atoms with Crippen LogP contribution in [0.4, 0.5) is 0 Å². The van der Waals surface area contributed by atoms with Crippen LogP contribution in [0.2, 0.25) is 0 Å². The molecule has 0 aromatic rings. The van der Waals surface area contributed by atoms with Gasteiger partial charge in [0.25, 0.3) is 11.6 Å². The number of rotatable bonds is 1. The van der Waals surface area contributed by atoms with Crippen molar-refractivity contribution in [3.8, 4) is 0 Å². The minimum Gasteiger partial charge on any atom is -0.366 e. The molecule has 7 heteroatoms. The lowest BCUT2D eigenvalue weighted by atomic mass is 10.3. The zero-order chi connectivity index (χ0) is 11.5. The molecule has 5 N–H and O–H groups in total. The van der Waals surface area contributed by atoms with E-state index in [-0.39, 0.29) is 0 Å². The molecular formula is C8H16N2O5. The van der Waals surface area contributed by atoms with Crippen LogP contribution in [0.25, 0.3) is 0 Å². The normalized spacial score (nSPS) is 34.0. The summed E-state index contributed by atoms with van der Waals surface area (Å²) < 4.78 is 0. The van der Waals surface area contributed by atoms with Crippen LogP contribution in [0.1, 0.15) is 0 Å². The number of piperazine rings is 1. The van der Waals surface area contributed by atoms with Crippen LogP contribution in [0.15, 0.2) is 0 Å². The fraction of sp³-hybridized carbons (Fsp3) is 1.00. The van der Waals surface area contributed by atoms with E-state index in [0.717, 1.165) is 0 Å². The van der Waals surface area contributed by atoms with Gasteiger partial charge in [-0.2, -0.15) is 0 Å². The fourth-order valence-corrected chi connectivity index (χ4v) is 2.04. The second kappa shape index (κ2) is 2.89. The van der Waals surface area contributed by atoms with Crippen LogP contribution < -0.4 is 0 Å². The number of hydrogen-bond donors (Lipinski definition) is 5. The summed E-state index contributed by atoms with van der Waals surface area (Å²) in [5, 5.41) is 46.8. The van der Waals surface area contributed by atoms with Gasteiger partial charge in [-0.15, -0.1) is 0 Å². The molecule has 0 spiro atoms. The Bertz CT molecular complexity index is 258. The first-order valence-corrected chi connectivity index (χ1v) is 4.80. The van der Waals surface area contributed by atoms with Gasteiger partial charge in [-0.05, 0) is 7.05 Å². The highest BCUT2D eigenvalue weighted by atomic mass is 16.7. The summed E-state index contributed by atoms with van der Waals surface area (Å²) in [6.07, 6.45) is 0. The topological polar surface area (TPSA) is 108 Å². The van der Waals surface area contributed by atoms with Gasteiger partial charge >= 0.3 is 0 Å². The van der Waals surface area contributed by atoms with Crippen molar-refractivity contribution < 1.29 is 25.5 Å². The molecule has 0 aromatic carbocycles. The van der Waals surface area contributed by atoms with Gasteiger partial charge in [-0.25, -0.2) is 0 Å². The summed E-state index contributed by atoms with van der Waals surface area (Å²) in [7, 11) is 1.89. The highest BCUT2D eigenvalue weighted by Gasteiger charge is 2.92. The van der Waals surface area contributed by atoms with Crippen molar-refractivity contribution in [2.75, 3.05) is 33.2 Å². The summed E-state index contributed by atoms with van der Waals surface area (Å²) in [6.45, 7) is 1.93. The number of hydrogen-bond acceptors (Lipinski definition) is 7. The Balaban J connectivity index is 2.13. The van der Waals surface area contributed by atoms with Crippen LogP contribution in [0.3, 0.4) is 0 Å². The van der Waals surface area contributed by atoms with Gasteiger partial charge in [0.2, 0.25) is 5.72 Å². The van der Waals surface area contributed by atoms with Crippen molar-refractivity contribution in [2.24, 2.45) is 0 Å². The SMILES string of the molecule is CN1CCN(C2(O)C(O)(O)C2(O)O)CC1. The quantitative estimate of drug-likeness (QED) is 0.289. The molecule has 0 unspecified atom stereocenters. The van der Waals surface area contributed by atoms with Crippen molar-refractivity contribution in [1.82, 2.24) is 9.80 Å². The van der Waals surface area contributed by atoms with Gasteiger partial charge < -0.3 is 30.4 Å². The largest absolute Gasteiger partial charge is 0.366 e. The molecule has 2 aliphatic rings. The third-order valence-electron chi connectivity index (χ3n) is 3.36. The Labute approximate surface area is 86.8 Å². The maximum Gasteiger partial charge on any atom is 0.273 e. The molecule has 1 aliphatic carbocycles. The van der Waals surface area contributed by atoms with Crippen molar-refractivity contribution >= 4 is 0 Å². The standard InChI is InChI=1S/C8H16N2O5/c1-9-2-4-10(5-3-9)6(11)7(12,13)8(6,14)15/h11-15H,2-5H2,1H3. The highest BCUT2D eigenvalue weighted by Crippen LogP contribution is 2.56. The molecule has 1 heterocycles. The van der Waals surface area contributed by atoms with Gasteiger partial charge in [-0.3, -0.25) is 4.90 Å². The molecule has 0 amide bonds. The molecule has 1 aliphatic heterocycles. The molecule has 2 fully saturated rings. The molecule has 2 rings (SSSR count). The Morgan fingerprint density at radius 3 is 1.53 bits per heavy atom. The lowest BCUT2D eigenvalue weighted by molar-refractivity contribution is -0.207. The number of nitrogens with zero attached hydrogens (tertiary/aromatic N) is 2. The Morgan fingerprint density at radius 2 is 1.20 bits per heavy atom. The first-order valence-electron chi connectivity index (χ1n) is 4.80. The maximum atomic E-state index is 9.80. The zero-order valence-corrected chi connectivity index (χ0v) is 8.46. The minimum absolute atomic E-state index is 0.346. The second-order valence-electron chi connectivity index (χ2n) is 4.31. The van der Waals surface area contributed by atoms with E-state index in [4.69, 9.17) is 0 Å². The van der Waals surface area contributed by atoms with E-state index < -0.39 is 17.3 Å². The van der Waals surface area contributed by atoms with Crippen LogP contribution in [0, 0.1) is 0 Å². The third kappa shape index (κ3) is 1.14. The molecule has 0 radical (unpaired) electrons. The number of likely N-dealkylation sites (N-methyl/N-ethyl adjacent to an activating group) is 1. The summed E-state index contributed by atoms with van der Waals surface area (Å²) in [4.78, 5) is 3.27. The van der Waals surface area contributed by atoms with Gasteiger partial charge in [-0.1, -0.05) is 0 Å². The van der Waals surface area contributed by atoms with Crippen molar-refractivity contribution in [3.05, 3.63) is 0 Å². The van der Waals surface area contributed by atoms with Gasteiger partial charge in [0.1, 0.15) is 0 Å². The Morgan fingerprint density at radius 1 is 0.800 bits per heavy atom. The summed E-state index contributed by atoms with van der Waals surface area (Å²) in [6, 6.07) is 0. The molecule has 7 nitrogen and oxygen atoms in total. The third-order valence-corrected chi connectivity index (χ3v) is 3.36. The molecule has 0 atom stereocenters. The summed E-state index contributed by atoms with van der Waals surface area (Å²) in [5.41, 5.74) is -2.37. The first kappa shape index (κ1) is 11.2. The van der Waals surface area contributed by atoms with Crippen molar-refractivity contribution in [3.63, 3.8) is 0 Å². The predicted molar refractivity (Wildman–Crippen MR) is 48.4 cm³/mol. The van der Waals surface area contributed by atoms with Crippen LogP contribution in [-0.2, 0) is 0 Å². The molecule has 1 saturated carbocycles. The van der Waals surface area contributed by atoms with E-state index in [9.17, 15) is 25.5 Å².